The van der Waals surface area contributed by atoms with Crippen molar-refractivity contribution in [2.45, 2.75) is 66.0 Å². The predicted octanol–water partition coefficient (Wildman–Crippen LogP) is 17.0. The Hall–Kier alpha value is -6.95. The molecule has 0 aliphatic heterocycles. The maximum absolute atomic E-state index is 7.77. The van der Waals surface area contributed by atoms with Crippen molar-refractivity contribution in [2.75, 3.05) is 0 Å². The van der Waals surface area contributed by atoms with Crippen molar-refractivity contribution >= 4 is 46.2 Å². The Balaban J connectivity index is 0.000000264. The minimum absolute atomic E-state index is 0. The molecule has 0 aliphatic rings. The van der Waals surface area contributed by atoms with Crippen LogP contribution in [0.1, 0.15) is 60.3 Å². The maximum atomic E-state index is 7.77. The van der Waals surface area contributed by atoms with Gasteiger partial charge in [0.25, 0.3) is 0 Å². The van der Waals surface area contributed by atoms with Crippen LogP contribution in [0.2, 0.25) is 19.6 Å². The van der Waals surface area contributed by atoms with Crippen LogP contribution in [0.3, 0.4) is 0 Å². The molecule has 6 heteroatoms. The molecule has 0 bridgehead atoms. The summed E-state index contributed by atoms with van der Waals surface area (Å²) < 4.78 is 32.4. The van der Waals surface area contributed by atoms with Gasteiger partial charge in [-0.25, -0.2) is 0 Å². The SMILES string of the molecule is CC(C)c1cc(-c2ccccc2)cc(C(C)C)c1-n1c(-c2[c-]ccc3c2oc2ccc(-c4ccc(-c5ccccc5)cc4)cc23)nc2ccccc21.[2H]C([2H])([2H])c1cc(-c2[c-]cccc2)ncc1[Si](C)(C)C.[Ir]. The third-order valence-corrected chi connectivity index (χ3v) is 15.0. The largest absolute Gasteiger partial charge is 0.501 e. The summed E-state index contributed by atoms with van der Waals surface area (Å²) in [6.45, 7) is 13.4. The number of para-hydroxylation sites is 2. The van der Waals surface area contributed by atoms with E-state index in [1.54, 1.807) is 18.3 Å². The van der Waals surface area contributed by atoms with Crippen LogP contribution in [-0.4, -0.2) is 22.6 Å². The molecule has 70 heavy (non-hydrogen) atoms. The van der Waals surface area contributed by atoms with Crippen LogP contribution in [0.15, 0.2) is 193 Å². The number of rotatable bonds is 9. The van der Waals surface area contributed by atoms with Crippen LogP contribution in [0.4, 0.5) is 0 Å². The molecule has 3 heterocycles. The summed E-state index contributed by atoms with van der Waals surface area (Å²) in [5, 5.41) is 3.03. The minimum Gasteiger partial charge on any atom is -0.501 e. The van der Waals surface area contributed by atoms with E-state index in [1.807, 2.05) is 24.3 Å². The Kier molecular flexibility index (Phi) is 12.8. The zero-order chi connectivity index (χ0) is 50.3. The summed E-state index contributed by atoms with van der Waals surface area (Å²) in [5.74, 6) is 1.38. The number of furan rings is 1. The molecule has 4 nitrogen and oxygen atoms in total. The molecular weight excluding hydrogens is 1050 g/mol. The van der Waals surface area contributed by atoms with Crippen molar-refractivity contribution in [2.24, 2.45) is 0 Å². The molecule has 0 N–H and O–H groups in total. The zero-order valence-electron chi connectivity index (χ0n) is 43.6. The van der Waals surface area contributed by atoms with E-state index < -0.39 is 14.9 Å². The van der Waals surface area contributed by atoms with Crippen LogP contribution in [-0.2, 0) is 20.1 Å². The molecule has 11 aromatic rings. The number of nitrogens with zero attached hydrogens (tertiary/aromatic N) is 3. The third kappa shape index (κ3) is 9.52. The number of fused-ring (bicyclic) bond motifs is 4. The van der Waals surface area contributed by atoms with Gasteiger partial charge in [-0.3, -0.25) is 4.98 Å². The second kappa shape index (κ2) is 20.2. The molecular formula is C64H57IrN3OSi-2. The summed E-state index contributed by atoms with van der Waals surface area (Å²) in [6.07, 6.45) is 1.74. The molecule has 0 spiro atoms. The van der Waals surface area contributed by atoms with Crippen molar-refractivity contribution in [3.63, 3.8) is 0 Å². The molecule has 0 saturated carbocycles. The first-order valence-corrected chi connectivity index (χ1v) is 27.4. The van der Waals surface area contributed by atoms with Crippen LogP contribution in [0.25, 0.3) is 94.7 Å². The fourth-order valence-corrected chi connectivity index (χ4v) is 10.7. The van der Waals surface area contributed by atoms with Crippen LogP contribution >= 0.6 is 0 Å². The molecule has 3 aromatic heterocycles. The first-order chi connectivity index (χ1) is 34.6. The Morgan fingerprint density at radius 1 is 0.586 bits per heavy atom. The van der Waals surface area contributed by atoms with E-state index in [0.717, 1.165) is 60.7 Å². The second-order valence-electron chi connectivity index (χ2n) is 19.4. The monoisotopic (exact) mass is 1110 g/mol. The second-order valence-corrected chi connectivity index (χ2v) is 24.5. The number of hydrogen-bond donors (Lipinski definition) is 0. The van der Waals surface area contributed by atoms with Gasteiger partial charge >= 0.3 is 0 Å². The van der Waals surface area contributed by atoms with Crippen molar-refractivity contribution in [1.82, 2.24) is 14.5 Å². The number of benzene rings is 8. The summed E-state index contributed by atoms with van der Waals surface area (Å²) >= 11 is 0. The standard InChI is InChI=1S/C49H39N2O.C15H18NSi.Ir/c1-31(2)41-29-38(34-16-9-6-10-17-34)30-42(32(3)4)47(41)51-45-21-12-11-20-44(45)50-49(51)40-19-13-18-39-43-28-37(26-27-46(43)52-48(39)40)36-24-22-35(23-25-36)33-14-7-5-8-15-33;1-12-10-14(13-8-6-5-7-9-13)16-11-15(12)17(2,3)4;/h5-18,20-32H,1-4H3;5-8,10-11H,1-4H3;/q2*-1;/i;1D3;. The summed E-state index contributed by atoms with van der Waals surface area (Å²) in [5.41, 5.74) is 17.4. The number of aromatic nitrogens is 3. The normalized spacial score (nSPS) is 12.4. The molecule has 0 aliphatic carbocycles. The zero-order valence-corrected chi connectivity index (χ0v) is 44.0. The Morgan fingerprint density at radius 3 is 1.81 bits per heavy atom. The van der Waals surface area contributed by atoms with Crippen LogP contribution in [0.5, 0.6) is 0 Å². The number of pyridine rings is 1. The van der Waals surface area contributed by atoms with Crippen molar-refractivity contribution in [3.05, 3.63) is 217 Å². The topological polar surface area (TPSA) is 43.9 Å². The Morgan fingerprint density at radius 2 is 1.19 bits per heavy atom. The average molecular weight is 1110 g/mol. The van der Waals surface area contributed by atoms with E-state index >= 15 is 0 Å². The van der Waals surface area contributed by atoms with Gasteiger partial charge in [-0.2, -0.15) is 0 Å². The Labute approximate surface area is 431 Å². The third-order valence-electron chi connectivity index (χ3n) is 13.0. The Bertz CT molecular complexity index is 3680. The molecule has 1 radical (unpaired) electrons. The summed E-state index contributed by atoms with van der Waals surface area (Å²) in [7, 11) is -1.74. The van der Waals surface area contributed by atoms with E-state index in [1.165, 1.54) is 44.6 Å². The first-order valence-electron chi connectivity index (χ1n) is 25.4. The van der Waals surface area contributed by atoms with Gasteiger partial charge in [0.2, 0.25) is 0 Å². The quantitative estimate of drug-likeness (QED) is 0.107. The summed E-state index contributed by atoms with van der Waals surface area (Å²) in [6, 6.07) is 69.7. The minimum atomic E-state index is -2.11. The van der Waals surface area contributed by atoms with E-state index in [4.69, 9.17) is 13.5 Å². The van der Waals surface area contributed by atoms with Gasteiger partial charge in [-0.05, 0) is 110 Å². The molecule has 0 saturated heterocycles. The van der Waals surface area contributed by atoms with Gasteiger partial charge in [0, 0.05) is 41.5 Å². The predicted molar refractivity (Wildman–Crippen MR) is 293 cm³/mol. The van der Waals surface area contributed by atoms with Gasteiger partial charge in [0.1, 0.15) is 5.58 Å². The van der Waals surface area contributed by atoms with Gasteiger partial charge in [-0.1, -0.05) is 173 Å². The molecule has 0 unspecified atom stereocenters. The van der Waals surface area contributed by atoms with Crippen LogP contribution in [0, 0.1) is 19.0 Å². The van der Waals surface area contributed by atoms with Crippen LogP contribution < -0.4 is 5.19 Å². The van der Waals surface area contributed by atoms with Gasteiger partial charge in [0.05, 0.1) is 30.5 Å². The molecule has 8 aromatic carbocycles. The smallest absolute Gasteiger partial charge is 0.120 e. The molecule has 0 amide bonds. The molecule has 349 valence electrons. The summed E-state index contributed by atoms with van der Waals surface area (Å²) in [4.78, 5) is 9.77. The fraction of sp³-hybridized carbons (Fsp3) is 0.156. The fourth-order valence-electron chi connectivity index (χ4n) is 9.36. The van der Waals surface area contributed by atoms with E-state index in [2.05, 4.69) is 215 Å². The molecule has 11 rings (SSSR count). The van der Waals surface area contributed by atoms with Gasteiger partial charge in [0.15, 0.2) is 0 Å². The van der Waals surface area contributed by atoms with E-state index in [-0.39, 0.29) is 31.9 Å². The average Bonchev–Trinajstić information content (AvgIpc) is 3.97. The van der Waals surface area contributed by atoms with Gasteiger partial charge in [-0.15, -0.1) is 54.1 Å². The van der Waals surface area contributed by atoms with E-state index in [9.17, 15) is 0 Å². The van der Waals surface area contributed by atoms with Crippen molar-refractivity contribution in [3.8, 4) is 61.7 Å². The first kappa shape index (κ1) is 44.3. The van der Waals surface area contributed by atoms with Crippen molar-refractivity contribution < 1.29 is 28.6 Å². The molecule has 0 atom stereocenters. The number of imidazole rings is 1. The van der Waals surface area contributed by atoms with Crippen molar-refractivity contribution in [1.29, 1.82) is 0 Å². The van der Waals surface area contributed by atoms with E-state index in [0.29, 0.717) is 11.3 Å². The number of hydrogen-bond acceptors (Lipinski definition) is 3. The number of aryl methyl sites for hydroxylation is 1. The molecule has 0 fully saturated rings. The maximum Gasteiger partial charge on any atom is 0.120 e. The van der Waals surface area contributed by atoms with Gasteiger partial charge < -0.3 is 14.0 Å².